The van der Waals surface area contributed by atoms with Gasteiger partial charge in [0.2, 0.25) is 46.9 Å². The Labute approximate surface area is 782 Å². The standard InChI is InChI=1S/C90H93ClN30O16/c1-46(122)95-68-42-119(10)78(104-68)88(135)102-55-32-66(116(7)41-55)85(132)109-70-44-120(11)79(107-70)89(136)110-71-45-118(9)77(106-71)87(134)94-24-21-74(126)97-51-27-62(112(3)37-51)82(129)100-53-30-61(111(2)39-53)80(127)92-22-14-17-72(124)96-50-29-65(114(5)36-50)84(131)108-69-43-117(8)76(105-69)86(133)93-23-20-73(125)98-52-28-63(113(4)38-52)83(130)101-54-31-64(115(6)40-54)81(128)99-49-18-19-58-47(25-49)26-59(103-58)90(137)121-35-48(34-91)75-57-16-13-12-15-56(57)67(123)33-60(75)121/h12-13,15-16,18-19,25-33,36-45,48,103,123H,14,17,20-24,34-35H2,1-11H3,(H,92,127)(H,93,133)(H,94,134)(H,95,122)(H,96,124)(H,97,126)(H,98,125)(H,99,128)(H,100,129)(H,101,130)(H,102,135)(H,108,131)(H,109,132)(H,110,136). The zero-order valence-corrected chi connectivity index (χ0v) is 76.3. The number of benzene rings is 3. The molecule has 3 aromatic carbocycles. The van der Waals surface area contributed by atoms with Crippen LogP contribution in [0.1, 0.15) is 160 Å². The second kappa shape index (κ2) is 39.3. The van der Waals surface area contributed by atoms with Gasteiger partial charge in [0.15, 0.2) is 23.3 Å². The summed E-state index contributed by atoms with van der Waals surface area (Å²) in [4.78, 5) is 221. The molecular formula is C90H93ClN30O16. The second-order valence-electron chi connectivity index (χ2n) is 32.6. The topological polar surface area (TPSA) is 565 Å². The van der Waals surface area contributed by atoms with Gasteiger partial charge in [-0.05, 0) is 78.0 Å². The second-order valence-corrected chi connectivity index (χ2v) is 32.9. The van der Waals surface area contributed by atoms with Crippen molar-refractivity contribution >= 4 is 191 Å². The van der Waals surface area contributed by atoms with Crippen LogP contribution in [0.2, 0.25) is 0 Å². The van der Waals surface area contributed by atoms with Crippen molar-refractivity contribution in [2.24, 2.45) is 70.5 Å². The lowest BCUT2D eigenvalue weighted by Crippen LogP contribution is -2.30. The fourth-order valence-corrected chi connectivity index (χ4v) is 16.0. The van der Waals surface area contributed by atoms with Crippen molar-refractivity contribution in [3.8, 4) is 5.75 Å². The fourth-order valence-electron chi connectivity index (χ4n) is 15.8. The molecule has 0 fully saturated rings. The average molecular weight is 1890 g/mol. The molecule has 0 aliphatic carbocycles. The molecule has 1 unspecified atom stereocenters. The molecule has 15 rings (SSSR count). The van der Waals surface area contributed by atoms with Crippen molar-refractivity contribution in [3.63, 3.8) is 0 Å². The minimum atomic E-state index is -0.731. The van der Waals surface area contributed by atoms with Gasteiger partial charge in [0, 0.05) is 225 Å². The molecule has 1 atom stereocenters. The van der Waals surface area contributed by atoms with E-state index in [-0.39, 0.29) is 172 Å². The molecular weight excluding hydrogens is 1790 g/mol. The number of phenolic OH excluding ortho intramolecular Hbond substituents is 1. The molecule has 0 saturated carbocycles. The quantitative estimate of drug-likeness (QED) is 0.0141. The summed E-state index contributed by atoms with van der Waals surface area (Å²) < 4.78 is 14.5. The van der Waals surface area contributed by atoms with E-state index >= 15 is 0 Å². The number of halogens is 1. The van der Waals surface area contributed by atoms with E-state index in [1.54, 1.807) is 95.3 Å². The van der Waals surface area contributed by atoms with E-state index in [1.807, 2.05) is 24.3 Å². The predicted molar refractivity (Wildman–Crippen MR) is 506 cm³/mol. The first-order valence-electron chi connectivity index (χ1n) is 42.4. The van der Waals surface area contributed by atoms with Crippen LogP contribution < -0.4 is 79.3 Å². The number of phenols is 1. The maximum Gasteiger partial charge on any atom is 0.292 e. The molecule has 0 spiro atoms. The van der Waals surface area contributed by atoms with Gasteiger partial charge in [-0.25, -0.2) is 19.9 Å². The van der Waals surface area contributed by atoms with Crippen LogP contribution in [0.5, 0.6) is 5.75 Å². The van der Waals surface area contributed by atoms with E-state index < -0.39 is 76.8 Å². The third-order valence-electron chi connectivity index (χ3n) is 22.2. The highest BCUT2D eigenvalue weighted by atomic mass is 35.5. The lowest BCUT2D eigenvalue weighted by Gasteiger charge is -2.17. The Hall–Kier alpha value is -17.9. The van der Waals surface area contributed by atoms with Crippen molar-refractivity contribution in [2.75, 3.05) is 95.4 Å². The molecule has 15 amide bonds. The van der Waals surface area contributed by atoms with Crippen LogP contribution in [0.25, 0.3) is 21.7 Å². The molecule has 0 radical (unpaired) electrons. The summed E-state index contributed by atoms with van der Waals surface area (Å²) >= 11 is 6.43. The molecule has 47 heteroatoms. The minimum absolute atomic E-state index is 0.00269. The van der Waals surface area contributed by atoms with E-state index in [0.717, 1.165) is 10.9 Å². The van der Waals surface area contributed by atoms with Crippen molar-refractivity contribution in [3.05, 3.63) is 222 Å². The first-order valence-corrected chi connectivity index (χ1v) is 43.0. The van der Waals surface area contributed by atoms with Crippen LogP contribution in [-0.2, 0) is 89.7 Å². The number of nitrogens with one attached hydrogen (secondary N) is 15. The van der Waals surface area contributed by atoms with Gasteiger partial charge in [-0.3, -0.25) is 71.9 Å². The number of imidazole rings is 4. The van der Waals surface area contributed by atoms with E-state index in [9.17, 15) is 77.0 Å². The van der Waals surface area contributed by atoms with Gasteiger partial charge in [0.1, 0.15) is 45.6 Å². The summed E-state index contributed by atoms with van der Waals surface area (Å²) in [5.41, 5.74) is 5.58. The Morgan fingerprint density at radius 3 is 1.14 bits per heavy atom. The van der Waals surface area contributed by atoms with Crippen LogP contribution >= 0.6 is 11.6 Å². The monoisotopic (exact) mass is 1880 g/mol. The smallest absolute Gasteiger partial charge is 0.292 e. The summed E-state index contributed by atoms with van der Waals surface area (Å²) in [6.45, 7) is 1.47. The number of aromatic nitrogens is 15. The number of aromatic hydroxyl groups is 1. The molecule has 137 heavy (non-hydrogen) atoms. The van der Waals surface area contributed by atoms with E-state index in [1.165, 1.54) is 161 Å². The lowest BCUT2D eigenvalue weighted by atomic mass is 9.95. The van der Waals surface area contributed by atoms with Crippen LogP contribution in [0.15, 0.2) is 153 Å². The van der Waals surface area contributed by atoms with Gasteiger partial charge in [-0.2, -0.15) is 0 Å². The first-order chi connectivity index (χ1) is 65.3. The molecule has 1 aliphatic heterocycles. The molecule has 1 aliphatic rings. The molecule has 0 bridgehead atoms. The Morgan fingerprint density at radius 2 is 0.715 bits per heavy atom. The number of hydrogen-bond donors (Lipinski definition) is 16. The van der Waals surface area contributed by atoms with E-state index in [2.05, 4.69) is 99.4 Å². The lowest BCUT2D eigenvalue weighted by molar-refractivity contribution is -0.117. The maximum absolute atomic E-state index is 14.1. The number of aryl methyl sites for hydroxylation is 10. The summed E-state index contributed by atoms with van der Waals surface area (Å²) in [6.07, 6.45) is 14.7. The number of H-pyrrole nitrogens is 1. The number of nitrogens with zero attached hydrogens (tertiary/aromatic N) is 15. The average Bonchev–Trinajstić information content (AvgIpc) is 1.59. The van der Waals surface area contributed by atoms with Crippen molar-refractivity contribution < 1.29 is 77.0 Å². The number of anilines is 12. The van der Waals surface area contributed by atoms with Gasteiger partial charge < -0.3 is 135 Å². The van der Waals surface area contributed by atoms with Crippen molar-refractivity contribution in [1.82, 2.24) is 86.5 Å². The number of fused-ring (bicyclic) bond motifs is 4. The summed E-state index contributed by atoms with van der Waals surface area (Å²) in [5, 5.41) is 50.8. The Morgan fingerprint density at radius 1 is 0.365 bits per heavy atom. The predicted octanol–water partition coefficient (Wildman–Crippen LogP) is 7.36. The Bertz CT molecular complexity index is 7290. The van der Waals surface area contributed by atoms with Gasteiger partial charge >= 0.3 is 0 Å². The van der Waals surface area contributed by atoms with E-state index in [4.69, 9.17) is 11.6 Å². The summed E-state index contributed by atoms with van der Waals surface area (Å²) in [6, 6.07) is 24.7. The SMILES string of the molecule is CC(=O)Nc1cn(C)c(C(=O)Nc2cc(C(=O)Nc3cn(C)c(C(=O)Nc4cn(C)c(C(=O)NCCC(=O)Nc5cc(C(=O)Nc6cc(C(=O)NCCCC(=O)Nc7cc(C(=O)Nc8cn(C)c(C(=O)NCCC(=O)Nc9cc(C(=O)Nc%10cc(C(=O)Nc%11ccc%12[nH]c(C(=O)N%13CC(CCl)c%14c%13cc(O)c%13ccccc%14%13)cc%12c%11)n(C)c%10)n(C)c9)n8)n(C)c7)n(C)c6)n(C)c5)n4)n3)n(C)c2)n1. The van der Waals surface area contributed by atoms with Gasteiger partial charge in [0.05, 0.1) is 39.8 Å². The zero-order valence-electron chi connectivity index (χ0n) is 75.5. The van der Waals surface area contributed by atoms with Crippen LogP contribution in [-0.4, -0.2) is 196 Å². The normalized spacial score (nSPS) is 12.1. The van der Waals surface area contributed by atoms with Crippen LogP contribution in [0, 0.1) is 0 Å². The van der Waals surface area contributed by atoms with Crippen molar-refractivity contribution in [1.29, 1.82) is 0 Å². The number of hydrogen-bond acceptors (Lipinski definition) is 20. The molecule has 12 heterocycles. The molecule has 16 N–H and O–H groups in total. The zero-order chi connectivity index (χ0) is 97.8. The molecule has 0 saturated heterocycles. The maximum atomic E-state index is 14.1. The summed E-state index contributed by atoms with van der Waals surface area (Å²) in [5.74, 6) is -7.97. The highest BCUT2D eigenvalue weighted by Crippen LogP contribution is 2.46. The molecule has 706 valence electrons. The highest BCUT2D eigenvalue weighted by Gasteiger charge is 2.37. The highest BCUT2D eigenvalue weighted by molar-refractivity contribution is 6.20. The van der Waals surface area contributed by atoms with Crippen molar-refractivity contribution in [2.45, 2.75) is 38.5 Å². The number of carbonyl (C=O) groups is 15. The first kappa shape index (κ1) is 93.8. The Balaban J connectivity index is 0.440. The number of aromatic amines is 1. The number of rotatable bonds is 33. The third-order valence-corrected chi connectivity index (χ3v) is 22.6. The largest absolute Gasteiger partial charge is 0.507 e. The van der Waals surface area contributed by atoms with Gasteiger partial charge in [0.25, 0.3) is 65.0 Å². The number of alkyl halides is 1. The van der Waals surface area contributed by atoms with Crippen LogP contribution in [0.4, 0.5) is 68.8 Å². The number of carbonyl (C=O) groups excluding carboxylic acids is 15. The van der Waals surface area contributed by atoms with Gasteiger partial charge in [-0.1, -0.05) is 24.3 Å². The molecule has 14 aromatic rings. The minimum Gasteiger partial charge on any atom is -0.507 e. The van der Waals surface area contributed by atoms with Gasteiger partial charge in [-0.15, -0.1) is 11.6 Å². The third kappa shape index (κ3) is 21.0. The fraction of sp³-hybridized carbons (Fsp3) is 0.233. The number of amides is 15. The molecule has 11 aromatic heterocycles. The Kier molecular flexibility index (Phi) is 26.9. The van der Waals surface area contributed by atoms with Crippen LogP contribution in [0.3, 0.4) is 0 Å². The summed E-state index contributed by atoms with van der Waals surface area (Å²) in [7, 11) is 15.8. The molecule has 46 nitrogen and oxygen atoms in total. The van der Waals surface area contributed by atoms with E-state index in [0.29, 0.717) is 57.0 Å².